The van der Waals surface area contributed by atoms with Crippen molar-refractivity contribution in [2.45, 2.75) is 26.4 Å². The Kier molecular flexibility index (Phi) is 8.39. The number of aromatic nitrogens is 4. The highest BCUT2D eigenvalue weighted by Crippen LogP contribution is 2.33. The molecule has 3 aromatic heterocycles. The highest BCUT2D eigenvalue weighted by molar-refractivity contribution is 6.36. The minimum absolute atomic E-state index is 0.160. The molecule has 0 spiro atoms. The van der Waals surface area contributed by atoms with Gasteiger partial charge in [0.1, 0.15) is 11.5 Å². The van der Waals surface area contributed by atoms with E-state index in [0.717, 1.165) is 5.69 Å². The Morgan fingerprint density at radius 2 is 1.95 bits per heavy atom. The number of carbonyl (C=O) groups is 1. The lowest BCUT2D eigenvalue weighted by Crippen LogP contribution is -2.27. The monoisotopic (exact) mass is 554 g/mol. The third kappa shape index (κ3) is 6.36. The predicted molar refractivity (Wildman–Crippen MR) is 146 cm³/mol. The van der Waals surface area contributed by atoms with Crippen LogP contribution in [0.4, 0.5) is 17.3 Å². The van der Waals surface area contributed by atoms with Gasteiger partial charge in [0.2, 0.25) is 5.82 Å². The van der Waals surface area contributed by atoms with Crippen LogP contribution in [0.5, 0.6) is 0 Å². The number of hydrogen-bond donors (Lipinski definition) is 3. The average Bonchev–Trinajstić information content (AvgIpc) is 3.29. The Balaban J connectivity index is 1.50. The molecule has 0 bridgehead atoms. The van der Waals surface area contributed by atoms with Gasteiger partial charge in [-0.25, -0.2) is 4.98 Å². The lowest BCUT2D eigenvalue weighted by Gasteiger charge is -2.13. The van der Waals surface area contributed by atoms with Gasteiger partial charge in [0.15, 0.2) is 0 Å². The summed E-state index contributed by atoms with van der Waals surface area (Å²) in [5, 5.41) is 17.9. The molecule has 4 rings (SSSR count). The number of nitrogen functional groups attached to an aromatic ring is 1. The van der Waals surface area contributed by atoms with E-state index in [4.69, 9.17) is 28.9 Å². The lowest BCUT2D eigenvalue weighted by molar-refractivity contribution is -0.384. The molecule has 1 amide bonds. The molecule has 11 nitrogen and oxygen atoms in total. The number of nitro groups is 1. The number of rotatable bonds is 10. The third-order valence-corrected chi connectivity index (χ3v) is 6.19. The second kappa shape index (κ2) is 11.9. The van der Waals surface area contributed by atoms with Crippen molar-refractivity contribution in [3.63, 3.8) is 0 Å². The van der Waals surface area contributed by atoms with Crippen LogP contribution in [0.3, 0.4) is 0 Å². The van der Waals surface area contributed by atoms with Crippen LogP contribution in [0, 0.1) is 17.0 Å². The van der Waals surface area contributed by atoms with Crippen LogP contribution < -0.4 is 16.4 Å². The minimum Gasteiger partial charge on any atom is -0.378 e. The maximum Gasteiger partial charge on any atom is 0.311 e. The number of amides is 1. The van der Waals surface area contributed by atoms with E-state index in [2.05, 4.69) is 25.6 Å². The van der Waals surface area contributed by atoms with Crippen LogP contribution in [-0.4, -0.2) is 36.9 Å². The Labute approximate surface area is 228 Å². The van der Waals surface area contributed by atoms with Gasteiger partial charge in [0.05, 0.1) is 29.1 Å². The number of nitrogens with zero attached hydrogens (tertiary/aromatic N) is 5. The maximum atomic E-state index is 13.4. The van der Waals surface area contributed by atoms with Crippen molar-refractivity contribution in [2.75, 3.05) is 17.6 Å². The number of benzene rings is 1. The molecule has 0 saturated carbocycles. The molecule has 13 heteroatoms. The van der Waals surface area contributed by atoms with Gasteiger partial charge in [-0.1, -0.05) is 29.3 Å². The largest absolute Gasteiger partial charge is 0.378 e. The summed E-state index contributed by atoms with van der Waals surface area (Å²) in [5.41, 5.74) is 8.61. The predicted octanol–water partition coefficient (Wildman–Crippen LogP) is 4.88. The first-order chi connectivity index (χ1) is 18.2. The lowest BCUT2D eigenvalue weighted by atomic mass is 10.1. The van der Waals surface area contributed by atoms with Crippen molar-refractivity contribution in [3.05, 3.63) is 92.2 Å². The summed E-state index contributed by atoms with van der Waals surface area (Å²) in [6, 6.07) is 9.76. The minimum atomic E-state index is -0.583. The van der Waals surface area contributed by atoms with Gasteiger partial charge in [-0.2, -0.15) is 0 Å². The topological polar surface area (TPSA) is 154 Å². The Morgan fingerprint density at radius 1 is 1.13 bits per heavy atom. The zero-order valence-electron chi connectivity index (χ0n) is 20.3. The normalized spacial score (nSPS) is 10.8. The highest BCUT2D eigenvalue weighted by Gasteiger charge is 2.20. The molecule has 0 aliphatic carbocycles. The summed E-state index contributed by atoms with van der Waals surface area (Å²) >= 11 is 12.5. The van der Waals surface area contributed by atoms with Crippen molar-refractivity contribution in [1.82, 2.24) is 24.8 Å². The van der Waals surface area contributed by atoms with E-state index in [1.807, 2.05) is 23.8 Å². The van der Waals surface area contributed by atoms with Gasteiger partial charge in [0.25, 0.3) is 5.91 Å². The summed E-state index contributed by atoms with van der Waals surface area (Å²) < 4.78 is 1.84. The molecule has 0 unspecified atom stereocenters. The average molecular weight is 555 g/mol. The fraction of sp³-hybridized carbons (Fsp3) is 0.200. The standard InChI is InChI=1S/C25H24Cl2N8O3/c1-15-12-31-17(13-30-15)14-32-25(36)23-19(18-4-3-16(26)11-20(18)27)7-10-34(23)9-2-8-29-22-6-5-21(35(37)38)24(28)33-22/h3-7,10-13H,2,8-9,14H2,1H3,(H,32,36)(H3,28,29,33). The molecular weight excluding hydrogens is 531 g/mol. The third-order valence-electron chi connectivity index (χ3n) is 5.65. The zero-order chi connectivity index (χ0) is 27.2. The molecule has 4 N–H and O–H groups in total. The van der Waals surface area contributed by atoms with Gasteiger partial charge in [-0.15, -0.1) is 0 Å². The van der Waals surface area contributed by atoms with Crippen LogP contribution >= 0.6 is 23.2 Å². The summed E-state index contributed by atoms with van der Waals surface area (Å²) in [7, 11) is 0. The molecular formula is C25H24Cl2N8O3. The molecule has 196 valence electrons. The molecule has 0 radical (unpaired) electrons. The van der Waals surface area contributed by atoms with E-state index in [9.17, 15) is 14.9 Å². The Morgan fingerprint density at radius 3 is 2.63 bits per heavy atom. The number of nitrogens with two attached hydrogens (primary N) is 1. The van der Waals surface area contributed by atoms with Crippen molar-refractivity contribution in [1.29, 1.82) is 0 Å². The van der Waals surface area contributed by atoms with Crippen LogP contribution in [0.1, 0.15) is 28.3 Å². The van der Waals surface area contributed by atoms with Crippen LogP contribution in [-0.2, 0) is 13.1 Å². The second-order valence-corrected chi connectivity index (χ2v) is 9.21. The van der Waals surface area contributed by atoms with Gasteiger partial charge < -0.3 is 20.9 Å². The SMILES string of the molecule is Cc1cnc(CNC(=O)c2c(-c3ccc(Cl)cc3Cl)ccn2CCCNc2ccc([N+](=O)[O-])c(N)n2)cn1. The highest BCUT2D eigenvalue weighted by atomic mass is 35.5. The van der Waals surface area contributed by atoms with Gasteiger partial charge in [-0.3, -0.25) is 24.9 Å². The van der Waals surface area contributed by atoms with Crippen molar-refractivity contribution in [3.8, 4) is 11.1 Å². The van der Waals surface area contributed by atoms with Gasteiger partial charge in [0, 0.05) is 52.7 Å². The van der Waals surface area contributed by atoms with Crippen LogP contribution in [0.25, 0.3) is 11.1 Å². The second-order valence-electron chi connectivity index (χ2n) is 8.37. The van der Waals surface area contributed by atoms with Crippen molar-refractivity contribution < 1.29 is 9.72 Å². The zero-order valence-corrected chi connectivity index (χ0v) is 21.8. The van der Waals surface area contributed by atoms with Crippen molar-refractivity contribution in [2.24, 2.45) is 0 Å². The van der Waals surface area contributed by atoms with E-state index in [-0.39, 0.29) is 24.0 Å². The summed E-state index contributed by atoms with van der Waals surface area (Å²) in [5.74, 6) is -0.0327. The van der Waals surface area contributed by atoms with E-state index in [1.165, 1.54) is 12.1 Å². The summed E-state index contributed by atoms with van der Waals surface area (Å²) in [6.45, 7) is 3.03. The smallest absolute Gasteiger partial charge is 0.311 e. The van der Waals surface area contributed by atoms with Crippen molar-refractivity contribution >= 4 is 46.4 Å². The first kappa shape index (κ1) is 26.8. The Bertz CT molecular complexity index is 1470. The van der Waals surface area contributed by atoms with Crippen LogP contribution in [0.15, 0.2) is 55.0 Å². The molecule has 38 heavy (non-hydrogen) atoms. The number of hydrogen-bond acceptors (Lipinski definition) is 8. The van der Waals surface area contributed by atoms with E-state index in [0.29, 0.717) is 57.9 Å². The molecule has 0 aliphatic rings. The summed E-state index contributed by atoms with van der Waals surface area (Å²) in [6.07, 6.45) is 5.70. The van der Waals surface area contributed by atoms with Crippen LogP contribution in [0.2, 0.25) is 10.0 Å². The first-order valence-electron chi connectivity index (χ1n) is 11.6. The quantitative estimate of drug-likeness (QED) is 0.142. The molecule has 0 saturated heterocycles. The Hall–Kier alpha value is -4.22. The number of carbonyl (C=O) groups excluding carboxylic acids is 1. The fourth-order valence-corrected chi connectivity index (χ4v) is 4.30. The molecule has 1 aromatic carbocycles. The van der Waals surface area contributed by atoms with Gasteiger partial charge >= 0.3 is 5.69 Å². The number of pyridine rings is 1. The van der Waals surface area contributed by atoms with E-state index < -0.39 is 4.92 Å². The number of aryl methyl sites for hydroxylation is 2. The van der Waals surface area contributed by atoms with E-state index in [1.54, 1.807) is 30.6 Å². The number of halogens is 2. The molecule has 0 fully saturated rings. The molecule has 4 aromatic rings. The number of nitrogens with one attached hydrogen (secondary N) is 2. The summed E-state index contributed by atoms with van der Waals surface area (Å²) in [4.78, 5) is 36.2. The molecule has 0 aliphatic heterocycles. The molecule has 0 atom stereocenters. The number of anilines is 2. The maximum absolute atomic E-state index is 13.4. The first-order valence-corrected chi connectivity index (χ1v) is 12.3. The van der Waals surface area contributed by atoms with Gasteiger partial charge in [-0.05, 0) is 37.6 Å². The molecule has 3 heterocycles. The fourth-order valence-electron chi connectivity index (χ4n) is 3.79. The van der Waals surface area contributed by atoms with E-state index >= 15 is 0 Å².